The Morgan fingerprint density at radius 1 is 1.41 bits per heavy atom. The second-order valence-corrected chi connectivity index (χ2v) is 5.12. The Balaban J connectivity index is 1.96. The molecule has 2 rings (SSSR count). The van der Waals surface area contributed by atoms with Crippen molar-refractivity contribution in [3.8, 4) is 0 Å². The number of carbonyl (C=O) groups is 2. The van der Waals surface area contributed by atoms with Gasteiger partial charge >= 0.3 is 0 Å². The molecule has 1 heterocycles. The summed E-state index contributed by atoms with van der Waals surface area (Å²) in [4.78, 5) is 25.1. The fraction of sp³-hybridized carbons (Fsp3) is 0.833. The molecule has 1 aliphatic carbocycles. The summed E-state index contributed by atoms with van der Waals surface area (Å²) < 4.78 is 5.57. The molecule has 0 aromatic heterocycles. The van der Waals surface area contributed by atoms with Crippen molar-refractivity contribution >= 4 is 11.8 Å². The van der Waals surface area contributed by atoms with Crippen molar-refractivity contribution < 1.29 is 14.3 Å². The van der Waals surface area contributed by atoms with E-state index in [1.54, 1.807) is 11.8 Å². The maximum absolute atomic E-state index is 12.1. The van der Waals surface area contributed by atoms with Crippen LogP contribution in [0.15, 0.2) is 0 Å². The van der Waals surface area contributed by atoms with Gasteiger partial charge in [0.05, 0.1) is 13.2 Å². The second-order valence-electron chi connectivity index (χ2n) is 5.12. The topological polar surface area (TPSA) is 58.6 Å². The third kappa shape index (κ3) is 2.60. The van der Waals surface area contributed by atoms with E-state index in [-0.39, 0.29) is 11.8 Å². The van der Waals surface area contributed by atoms with Crippen LogP contribution >= 0.6 is 0 Å². The number of rotatable bonds is 2. The summed E-state index contributed by atoms with van der Waals surface area (Å²) in [5.74, 6) is -0.0934. The van der Waals surface area contributed by atoms with Crippen LogP contribution in [0.3, 0.4) is 0 Å². The van der Waals surface area contributed by atoms with Crippen LogP contribution in [0.4, 0.5) is 0 Å². The van der Waals surface area contributed by atoms with Crippen LogP contribution in [0.25, 0.3) is 0 Å². The molecule has 5 heteroatoms. The molecular weight excluding hydrogens is 220 g/mol. The molecule has 1 saturated heterocycles. The molecule has 5 nitrogen and oxygen atoms in total. The number of amides is 2. The predicted molar refractivity (Wildman–Crippen MR) is 62.4 cm³/mol. The van der Waals surface area contributed by atoms with E-state index in [0.717, 1.165) is 12.8 Å². The molecule has 2 amide bonds. The lowest BCUT2D eigenvalue weighted by atomic mass is 9.92. The molecule has 2 fully saturated rings. The van der Waals surface area contributed by atoms with Crippen molar-refractivity contribution in [1.29, 1.82) is 0 Å². The highest BCUT2D eigenvalue weighted by Crippen LogP contribution is 2.22. The van der Waals surface area contributed by atoms with Crippen LogP contribution in [0.5, 0.6) is 0 Å². The summed E-state index contributed by atoms with van der Waals surface area (Å²) in [6, 6.07) is 0.302. The molecule has 0 radical (unpaired) electrons. The first-order valence-electron chi connectivity index (χ1n) is 6.22. The van der Waals surface area contributed by atoms with Crippen molar-refractivity contribution in [3.63, 3.8) is 0 Å². The Morgan fingerprint density at radius 2 is 2.12 bits per heavy atom. The Labute approximate surface area is 101 Å². The zero-order valence-electron chi connectivity index (χ0n) is 10.5. The van der Waals surface area contributed by atoms with Crippen LogP contribution in [0, 0.1) is 0 Å². The summed E-state index contributed by atoms with van der Waals surface area (Å²) in [7, 11) is 0. The van der Waals surface area contributed by atoms with Crippen LogP contribution in [-0.2, 0) is 14.3 Å². The van der Waals surface area contributed by atoms with Crippen LogP contribution in [0.1, 0.15) is 33.1 Å². The molecule has 96 valence electrons. The minimum Gasteiger partial charge on any atom is -0.362 e. The van der Waals surface area contributed by atoms with E-state index in [4.69, 9.17) is 4.74 Å². The van der Waals surface area contributed by atoms with Crippen LogP contribution < -0.4 is 5.32 Å². The molecule has 2 aliphatic rings. The maximum atomic E-state index is 12.1. The van der Waals surface area contributed by atoms with Gasteiger partial charge in [-0.1, -0.05) is 0 Å². The summed E-state index contributed by atoms with van der Waals surface area (Å²) >= 11 is 0. The van der Waals surface area contributed by atoms with E-state index >= 15 is 0 Å². The summed E-state index contributed by atoms with van der Waals surface area (Å²) in [6.07, 6.45) is 3.29. The lowest BCUT2D eigenvalue weighted by molar-refractivity contribution is -0.162. The van der Waals surface area contributed by atoms with Gasteiger partial charge in [0.15, 0.2) is 5.60 Å². The number of nitrogens with zero attached hydrogens (tertiary/aromatic N) is 1. The van der Waals surface area contributed by atoms with E-state index in [1.165, 1.54) is 13.3 Å². The minimum atomic E-state index is -0.889. The molecule has 0 aromatic carbocycles. The van der Waals surface area contributed by atoms with Crippen molar-refractivity contribution in [2.75, 3.05) is 19.7 Å². The van der Waals surface area contributed by atoms with E-state index in [2.05, 4.69) is 5.32 Å². The third-order valence-electron chi connectivity index (χ3n) is 3.64. The molecule has 1 aliphatic heterocycles. The minimum absolute atomic E-state index is 0.00373. The normalized spacial score (nSPS) is 29.6. The van der Waals surface area contributed by atoms with Crippen molar-refractivity contribution in [3.05, 3.63) is 0 Å². The molecular formula is C12H20N2O3. The van der Waals surface area contributed by atoms with Gasteiger partial charge < -0.3 is 15.0 Å². The van der Waals surface area contributed by atoms with E-state index in [1.807, 2.05) is 0 Å². The highest BCUT2D eigenvalue weighted by Gasteiger charge is 2.41. The van der Waals surface area contributed by atoms with Crippen molar-refractivity contribution in [2.24, 2.45) is 0 Å². The summed E-state index contributed by atoms with van der Waals surface area (Å²) in [5.41, 5.74) is -0.889. The van der Waals surface area contributed by atoms with Gasteiger partial charge in [-0.05, 0) is 26.2 Å². The standard InChI is InChI=1S/C12H20N2O3/c1-9(15)14-6-7-17-12(2,8-14)11(16)13-10-4-3-5-10/h10H,3-8H2,1-2H3,(H,13,16)/t12-/m1/s1. The van der Waals surface area contributed by atoms with E-state index < -0.39 is 5.60 Å². The van der Waals surface area contributed by atoms with Crippen LogP contribution in [0.2, 0.25) is 0 Å². The molecule has 1 saturated carbocycles. The summed E-state index contributed by atoms with van der Waals surface area (Å²) in [6.45, 7) is 4.63. The van der Waals surface area contributed by atoms with Crippen LogP contribution in [-0.4, -0.2) is 48.1 Å². The largest absolute Gasteiger partial charge is 0.362 e. The van der Waals surface area contributed by atoms with Gasteiger partial charge in [0.1, 0.15) is 0 Å². The number of hydrogen-bond donors (Lipinski definition) is 1. The number of ether oxygens (including phenoxy) is 1. The molecule has 0 unspecified atom stereocenters. The highest BCUT2D eigenvalue weighted by molar-refractivity contribution is 5.86. The van der Waals surface area contributed by atoms with Gasteiger partial charge in [0, 0.05) is 19.5 Å². The number of nitrogens with one attached hydrogen (secondary N) is 1. The Hall–Kier alpha value is -1.10. The average molecular weight is 240 g/mol. The molecule has 1 atom stereocenters. The zero-order chi connectivity index (χ0) is 12.5. The fourth-order valence-electron chi connectivity index (χ4n) is 2.17. The van der Waals surface area contributed by atoms with Crippen molar-refractivity contribution in [1.82, 2.24) is 10.2 Å². The van der Waals surface area contributed by atoms with E-state index in [9.17, 15) is 9.59 Å². The van der Waals surface area contributed by atoms with E-state index in [0.29, 0.717) is 25.7 Å². The average Bonchev–Trinajstić information content (AvgIpc) is 2.23. The Morgan fingerprint density at radius 3 is 2.65 bits per heavy atom. The number of morpholine rings is 1. The van der Waals surface area contributed by atoms with Gasteiger partial charge in [-0.3, -0.25) is 9.59 Å². The maximum Gasteiger partial charge on any atom is 0.254 e. The smallest absolute Gasteiger partial charge is 0.254 e. The molecule has 17 heavy (non-hydrogen) atoms. The molecule has 0 bridgehead atoms. The lowest BCUT2D eigenvalue weighted by Gasteiger charge is -2.40. The number of hydrogen-bond acceptors (Lipinski definition) is 3. The predicted octanol–water partition coefficient (Wildman–Crippen LogP) is 0.293. The van der Waals surface area contributed by atoms with Gasteiger partial charge in [-0.15, -0.1) is 0 Å². The monoisotopic (exact) mass is 240 g/mol. The highest BCUT2D eigenvalue weighted by atomic mass is 16.5. The Kier molecular flexibility index (Phi) is 3.38. The first-order valence-corrected chi connectivity index (χ1v) is 6.22. The van der Waals surface area contributed by atoms with Crippen molar-refractivity contribution in [2.45, 2.75) is 44.8 Å². The summed E-state index contributed by atoms with van der Waals surface area (Å²) in [5, 5.41) is 2.98. The Bertz CT molecular complexity index is 328. The van der Waals surface area contributed by atoms with Gasteiger partial charge in [-0.2, -0.15) is 0 Å². The second kappa shape index (κ2) is 4.64. The SMILES string of the molecule is CC(=O)N1CCO[C@@](C)(C(=O)NC2CCC2)C1. The van der Waals surface area contributed by atoms with Gasteiger partial charge in [-0.25, -0.2) is 0 Å². The molecule has 0 aromatic rings. The number of carbonyl (C=O) groups excluding carboxylic acids is 2. The zero-order valence-corrected chi connectivity index (χ0v) is 10.5. The lowest BCUT2D eigenvalue weighted by Crippen LogP contribution is -2.60. The van der Waals surface area contributed by atoms with Gasteiger partial charge in [0.25, 0.3) is 5.91 Å². The molecule has 1 N–H and O–H groups in total. The fourth-order valence-corrected chi connectivity index (χ4v) is 2.17. The van der Waals surface area contributed by atoms with Gasteiger partial charge in [0.2, 0.25) is 5.91 Å². The quantitative estimate of drug-likeness (QED) is 0.755. The first-order chi connectivity index (χ1) is 8.01. The first kappa shape index (κ1) is 12.4. The molecule has 0 spiro atoms. The third-order valence-corrected chi connectivity index (χ3v) is 3.64.